The highest BCUT2D eigenvalue weighted by Crippen LogP contribution is 2.17. The first-order valence-electron chi connectivity index (χ1n) is 5.76. The minimum absolute atomic E-state index is 0.519. The highest BCUT2D eigenvalue weighted by atomic mass is 35.5. The van der Waals surface area contributed by atoms with Gasteiger partial charge in [-0.2, -0.15) is 0 Å². The zero-order chi connectivity index (χ0) is 12.5. The maximum Gasteiger partial charge on any atom is 0.129 e. The molecule has 3 nitrogen and oxygen atoms in total. The number of fused-ring (bicyclic) bond motifs is 1. The molecule has 0 saturated heterocycles. The predicted molar refractivity (Wildman–Crippen MR) is 72.8 cm³/mol. The van der Waals surface area contributed by atoms with Gasteiger partial charge in [0, 0.05) is 6.20 Å². The fourth-order valence-corrected chi connectivity index (χ4v) is 2.19. The highest BCUT2D eigenvalue weighted by Gasteiger charge is 2.07. The molecule has 18 heavy (non-hydrogen) atoms. The predicted octanol–water partition coefficient (Wildman–Crippen LogP) is 3.44. The number of benzene rings is 1. The summed E-state index contributed by atoms with van der Waals surface area (Å²) in [6, 6.07) is 11.9. The van der Waals surface area contributed by atoms with Crippen molar-refractivity contribution in [3.05, 3.63) is 59.1 Å². The molecule has 1 aromatic carbocycles. The van der Waals surface area contributed by atoms with E-state index in [9.17, 15) is 0 Å². The number of rotatable bonds is 2. The lowest BCUT2D eigenvalue weighted by molar-refractivity contribution is 0.782. The van der Waals surface area contributed by atoms with E-state index in [1.807, 2.05) is 37.3 Å². The van der Waals surface area contributed by atoms with Crippen LogP contribution in [-0.4, -0.2) is 14.5 Å². The molecule has 2 aromatic heterocycles. The van der Waals surface area contributed by atoms with Crippen LogP contribution in [0.25, 0.3) is 11.0 Å². The van der Waals surface area contributed by atoms with Gasteiger partial charge in [0.05, 0.1) is 17.6 Å². The molecule has 0 N–H and O–H groups in total. The molecule has 0 radical (unpaired) electrons. The van der Waals surface area contributed by atoms with Gasteiger partial charge in [-0.25, -0.2) is 9.97 Å². The highest BCUT2D eigenvalue weighted by molar-refractivity contribution is 6.29. The Hall–Kier alpha value is -1.87. The maximum absolute atomic E-state index is 5.79. The number of pyridine rings is 1. The van der Waals surface area contributed by atoms with Crippen LogP contribution < -0.4 is 0 Å². The van der Waals surface area contributed by atoms with E-state index < -0.39 is 0 Å². The van der Waals surface area contributed by atoms with Gasteiger partial charge in [-0.3, -0.25) is 0 Å². The zero-order valence-electron chi connectivity index (χ0n) is 9.97. The number of halogens is 1. The summed E-state index contributed by atoms with van der Waals surface area (Å²) in [5, 5.41) is 0.519. The number of hydrogen-bond acceptors (Lipinski definition) is 2. The van der Waals surface area contributed by atoms with E-state index in [-0.39, 0.29) is 0 Å². The third kappa shape index (κ3) is 1.97. The van der Waals surface area contributed by atoms with Crippen molar-refractivity contribution in [3.63, 3.8) is 0 Å². The number of imidazole rings is 1. The van der Waals surface area contributed by atoms with Crippen molar-refractivity contribution in [2.45, 2.75) is 13.5 Å². The molecule has 0 spiro atoms. The standard InChI is InChI=1S/C14H12ClN3/c1-10-17-12-4-2-3-5-13(12)18(10)9-11-6-7-14(15)16-8-11/h2-8H,9H2,1H3. The van der Waals surface area contributed by atoms with Crippen LogP contribution in [0.15, 0.2) is 42.6 Å². The van der Waals surface area contributed by atoms with Crippen LogP contribution in [0.2, 0.25) is 5.15 Å². The molecule has 0 atom stereocenters. The van der Waals surface area contributed by atoms with Crippen molar-refractivity contribution in [2.75, 3.05) is 0 Å². The molecule has 0 aliphatic heterocycles. The third-order valence-corrected chi connectivity index (χ3v) is 3.20. The molecule has 0 unspecified atom stereocenters. The summed E-state index contributed by atoms with van der Waals surface area (Å²) in [7, 11) is 0. The molecular formula is C14H12ClN3. The van der Waals surface area contributed by atoms with Crippen molar-refractivity contribution in [3.8, 4) is 0 Å². The van der Waals surface area contributed by atoms with E-state index in [4.69, 9.17) is 11.6 Å². The van der Waals surface area contributed by atoms with Gasteiger partial charge in [0.25, 0.3) is 0 Å². The summed E-state index contributed by atoms with van der Waals surface area (Å²) in [4.78, 5) is 8.64. The number of nitrogens with zero attached hydrogens (tertiary/aromatic N) is 3. The summed E-state index contributed by atoms with van der Waals surface area (Å²) in [6.45, 7) is 2.78. The fourth-order valence-electron chi connectivity index (χ4n) is 2.08. The van der Waals surface area contributed by atoms with Gasteiger partial charge in [0.1, 0.15) is 11.0 Å². The van der Waals surface area contributed by atoms with Gasteiger partial charge >= 0.3 is 0 Å². The Bertz CT molecular complexity index is 686. The molecule has 0 bridgehead atoms. The SMILES string of the molecule is Cc1nc2ccccc2n1Cc1ccc(Cl)nc1. The molecular weight excluding hydrogens is 246 g/mol. The second-order valence-corrected chi connectivity index (χ2v) is 4.61. The molecule has 4 heteroatoms. The minimum atomic E-state index is 0.519. The minimum Gasteiger partial charge on any atom is -0.324 e. The topological polar surface area (TPSA) is 30.7 Å². The summed E-state index contributed by atoms with van der Waals surface area (Å²) < 4.78 is 2.18. The monoisotopic (exact) mass is 257 g/mol. The molecule has 3 aromatic rings. The normalized spacial score (nSPS) is 11.0. The molecule has 2 heterocycles. The average molecular weight is 258 g/mol. The van der Waals surface area contributed by atoms with Crippen LogP contribution in [-0.2, 0) is 6.54 Å². The largest absolute Gasteiger partial charge is 0.324 e. The van der Waals surface area contributed by atoms with Crippen molar-refractivity contribution in [1.82, 2.24) is 14.5 Å². The van der Waals surface area contributed by atoms with E-state index >= 15 is 0 Å². The Labute approximate surface area is 110 Å². The van der Waals surface area contributed by atoms with Crippen LogP contribution in [0.3, 0.4) is 0 Å². The number of aryl methyl sites for hydroxylation is 1. The molecule has 0 saturated carbocycles. The van der Waals surface area contributed by atoms with Gasteiger partial charge in [-0.15, -0.1) is 0 Å². The van der Waals surface area contributed by atoms with Gasteiger partial charge in [0.15, 0.2) is 0 Å². The van der Waals surface area contributed by atoms with Crippen LogP contribution in [0.1, 0.15) is 11.4 Å². The summed E-state index contributed by atoms with van der Waals surface area (Å²) in [5.74, 6) is 1.01. The Morgan fingerprint density at radius 3 is 2.78 bits per heavy atom. The molecule has 0 fully saturated rings. The van der Waals surface area contributed by atoms with Gasteiger partial charge in [0.2, 0.25) is 0 Å². The Morgan fingerprint density at radius 2 is 2.00 bits per heavy atom. The maximum atomic E-state index is 5.79. The second kappa shape index (κ2) is 4.42. The molecule has 0 aliphatic carbocycles. The Kier molecular flexibility index (Phi) is 2.76. The smallest absolute Gasteiger partial charge is 0.129 e. The molecule has 0 aliphatic rings. The summed E-state index contributed by atoms with van der Waals surface area (Å²) in [6.07, 6.45) is 1.80. The van der Waals surface area contributed by atoms with Crippen LogP contribution >= 0.6 is 11.6 Å². The van der Waals surface area contributed by atoms with Crippen molar-refractivity contribution in [2.24, 2.45) is 0 Å². The summed E-state index contributed by atoms with van der Waals surface area (Å²) >= 11 is 5.79. The van der Waals surface area contributed by atoms with E-state index in [1.54, 1.807) is 6.20 Å². The first kappa shape index (κ1) is 11.2. The van der Waals surface area contributed by atoms with Crippen molar-refractivity contribution < 1.29 is 0 Å². The number of hydrogen-bond donors (Lipinski definition) is 0. The van der Waals surface area contributed by atoms with Gasteiger partial charge < -0.3 is 4.57 Å². The van der Waals surface area contributed by atoms with E-state index in [0.717, 1.165) is 29.0 Å². The lowest BCUT2D eigenvalue weighted by Crippen LogP contribution is -2.02. The number of para-hydroxylation sites is 2. The van der Waals surface area contributed by atoms with E-state index in [0.29, 0.717) is 5.15 Å². The molecule has 90 valence electrons. The van der Waals surface area contributed by atoms with Crippen molar-refractivity contribution in [1.29, 1.82) is 0 Å². The first-order valence-corrected chi connectivity index (χ1v) is 6.14. The van der Waals surface area contributed by atoms with Crippen LogP contribution in [0, 0.1) is 6.92 Å². The van der Waals surface area contributed by atoms with Crippen molar-refractivity contribution >= 4 is 22.6 Å². The summed E-state index contributed by atoms with van der Waals surface area (Å²) in [5.41, 5.74) is 3.28. The molecule has 0 amide bonds. The zero-order valence-corrected chi connectivity index (χ0v) is 10.7. The van der Waals surface area contributed by atoms with Crippen LogP contribution in [0.4, 0.5) is 0 Å². The second-order valence-electron chi connectivity index (χ2n) is 4.22. The molecule has 3 rings (SSSR count). The quantitative estimate of drug-likeness (QED) is 0.659. The first-order chi connectivity index (χ1) is 8.74. The lowest BCUT2D eigenvalue weighted by Gasteiger charge is -2.06. The Balaban J connectivity index is 2.04. The van der Waals surface area contributed by atoms with Gasteiger partial charge in [-0.1, -0.05) is 29.8 Å². The van der Waals surface area contributed by atoms with Crippen LogP contribution in [0.5, 0.6) is 0 Å². The third-order valence-electron chi connectivity index (χ3n) is 2.97. The average Bonchev–Trinajstić information content (AvgIpc) is 2.69. The van der Waals surface area contributed by atoms with E-state index in [1.165, 1.54) is 0 Å². The fraction of sp³-hybridized carbons (Fsp3) is 0.143. The van der Waals surface area contributed by atoms with Gasteiger partial charge in [-0.05, 0) is 30.7 Å². The number of aromatic nitrogens is 3. The Morgan fingerprint density at radius 1 is 1.17 bits per heavy atom. The lowest BCUT2D eigenvalue weighted by atomic mass is 10.2. The van der Waals surface area contributed by atoms with E-state index in [2.05, 4.69) is 20.6 Å².